The van der Waals surface area contributed by atoms with E-state index in [2.05, 4.69) is 47.4 Å². The minimum atomic E-state index is 0.106. The van der Waals surface area contributed by atoms with Crippen LogP contribution in [-0.2, 0) is 17.6 Å². The second-order valence-corrected chi connectivity index (χ2v) is 8.78. The van der Waals surface area contributed by atoms with E-state index in [0.29, 0.717) is 5.78 Å². The second kappa shape index (κ2) is 8.41. The number of hydrogen-bond donors (Lipinski definition) is 0. The van der Waals surface area contributed by atoms with Crippen LogP contribution in [0, 0.1) is 23.2 Å². The molecule has 1 aliphatic carbocycles. The highest BCUT2D eigenvalue weighted by molar-refractivity contribution is 5.83. The molecule has 0 N–H and O–H groups in total. The monoisotopic (exact) mass is 386 g/mol. The Morgan fingerprint density at radius 2 is 1.72 bits per heavy atom. The lowest BCUT2D eigenvalue weighted by Gasteiger charge is -2.35. The van der Waals surface area contributed by atoms with E-state index in [1.807, 2.05) is 13.8 Å². The number of nitrogens with zero attached hydrogens (tertiary/aromatic N) is 2. The Hall–Kier alpha value is -2.60. The van der Waals surface area contributed by atoms with Crippen LogP contribution in [-0.4, -0.2) is 18.9 Å². The van der Waals surface area contributed by atoms with Crippen molar-refractivity contribution >= 4 is 11.5 Å². The maximum atomic E-state index is 12.4. The van der Waals surface area contributed by atoms with Gasteiger partial charge in [-0.3, -0.25) is 4.79 Å². The standard InChI is InChI=1S/C26H30N2O/c1-18(2)26(29)20-12-14-28(15-13-20)25-16-23(19-8-4-3-5-9-19)21-10-6-7-11-22(21)24(25)17-27/h3-5,8-9,16,18,20H,6-7,10-15H2,1-2H3. The van der Waals surface area contributed by atoms with Crippen molar-refractivity contribution < 1.29 is 4.79 Å². The summed E-state index contributed by atoms with van der Waals surface area (Å²) >= 11 is 0. The van der Waals surface area contributed by atoms with Gasteiger partial charge < -0.3 is 4.90 Å². The normalized spacial score (nSPS) is 17.1. The molecular formula is C26H30N2O. The number of rotatable bonds is 4. The first-order valence-electron chi connectivity index (χ1n) is 11.0. The SMILES string of the molecule is CC(C)C(=O)C1CCN(c2cc(-c3ccccc3)c3c(c2C#N)CCCC3)CC1. The Morgan fingerprint density at radius 1 is 1.07 bits per heavy atom. The summed E-state index contributed by atoms with van der Waals surface area (Å²) in [6.45, 7) is 5.70. The predicted octanol–water partition coefficient (Wildman–Crippen LogP) is 5.55. The van der Waals surface area contributed by atoms with Crippen molar-refractivity contribution in [2.45, 2.75) is 52.4 Å². The van der Waals surface area contributed by atoms with Crippen LogP contribution in [0.25, 0.3) is 11.1 Å². The molecule has 2 aromatic carbocycles. The summed E-state index contributed by atoms with van der Waals surface area (Å²) in [5.74, 6) is 0.665. The average Bonchev–Trinajstić information content (AvgIpc) is 2.78. The van der Waals surface area contributed by atoms with Crippen molar-refractivity contribution in [3.8, 4) is 17.2 Å². The summed E-state index contributed by atoms with van der Waals surface area (Å²) in [7, 11) is 0. The second-order valence-electron chi connectivity index (χ2n) is 8.78. The number of hydrogen-bond acceptors (Lipinski definition) is 3. The van der Waals surface area contributed by atoms with Gasteiger partial charge in [0.15, 0.2) is 0 Å². The molecule has 1 fully saturated rings. The molecule has 1 aliphatic heterocycles. The van der Waals surface area contributed by atoms with E-state index in [-0.39, 0.29) is 11.8 Å². The Balaban J connectivity index is 1.72. The molecule has 0 atom stereocenters. The molecule has 0 aromatic heterocycles. The predicted molar refractivity (Wildman–Crippen MR) is 118 cm³/mol. The van der Waals surface area contributed by atoms with Gasteiger partial charge >= 0.3 is 0 Å². The molecule has 0 radical (unpaired) electrons. The molecule has 0 amide bonds. The van der Waals surface area contributed by atoms with Crippen LogP contribution in [0.15, 0.2) is 36.4 Å². The molecule has 1 saturated heterocycles. The van der Waals surface area contributed by atoms with Crippen LogP contribution in [0.4, 0.5) is 5.69 Å². The van der Waals surface area contributed by atoms with Gasteiger partial charge in [0.25, 0.3) is 0 Å². The van der Waals surface area contributed by atoms with Crippen molar-refractivity contribution in [3.05, 3.63) is 53.1 Å². The lowest BCUT2D eigenvalue weighted by Crippen LogP contribution is -2.38. The number of carbonyl (C=O) groups excluding carboxylic acids is 1. The summed E-state index contributed by atoms with van der Waals surface area (Å²) < 4.78 is 0. The Bertz CT molecular complexity index is 931. The van der Waals surface area contributed by atoms with Crippen molar-refractivity contribution in [2.75, 3.05) is 18.0 Å². The van der Waals surface area contributed by atoms with E-state index in [9.17, 15) is 10.1 Å². The molecule has 3 heteroatoms. The van der Waals surface area contributed by atoms with E-state index in [0.717, 1.165) is 56.4 Å². The van der Waals surface area contributed by atoms with E-state index >= 15 is 0 Å². The molecule has 2 aromatic rings. The molecule has 2 aliphatic rings. The average molecular weight is 387 g/mol. The molecule has 29 heavy (non-hydrogen) atoms. The van der Waals surface area contributed by atoms with Crippen LogP contribution in [0.1, 0.15) is 56.2 Å². The van der Waals surface area contributed by atoms with Crippen molar-refractivity contribution in [1.82, 2.24) is 0 Å². The minimum absolute atomic E-state index is 0.106. The summed E-state index contributed by atoms with van der Waals surface area (Å²) in [6.07, 6.45) is 6.18. The summed E-state index contributed by atoms with van der Waals surface area (Å²) in [5.41, 5.74) is 7.09. The number of ketones is 1. The van der Waals surface area contributed by atoms with Crippen molar-refractivity contribution in [2.24, 2.45) is 11.8 Å². The fourth-order valence-electron chi connectivity index (χ4n) is 5.05. The van der Waals surface area contributed by atoms with Crippen molar-refractivity contribution in [3.63, 3.8) is 0 Å². The molecule has 0 unspecified atom stereocenters. The first-order chi connectivity index (χ1) is 14.1. The minimum Gasteiger partial charge on any atom is -0.370 e. The van der Waals surface area contributed by atoms with Gasteiger partial charge in [0, 0.05) is 24.9 Å². The number of nitriles is 1. The molecule has 0 saturated carbocycles. The largest absolute Gasteiger partial charge is 0.370 e. The summed E-state index contributed by atoms with van der Waals surface area (Å²) in [6, 6.07) is 15.4. The third kappa shape index (κ3) is 3.81. The van der Waals surface area contributed by atoms with Crippen molar-refractivity contribution in [1.29, 1.82) is 5.26 Å². The fraction of sp³-hybridized carbons (Fsp3) is 0.462. The highest BCUT2D eigenvalue weighted by atomic mass is 16.1. The number of fused-ring (bicyclic) bond motifs is 1. The van der Waals surface area contributed by atoms with E-state index in [1.165, 1.54) is 28.7 Å². The zero-order valence-electron chi connectivity index (χ0n) is 17.6. The highest BCUT2D eigenvalue weighted by Gasteiger charge is 2.29. The lowest BCUT2D eigenvalue weighted by atomic mass is 9.81. The molecular weight excluding hydrogens is 356 g/mol. The Morgan fingerprint density at radius 3 is 2.34 bits per heavy atom. The van der Waals surface area contributed by atoms with E-state index in [4.69, 9.17) is 0 Å². The van der Waals surface area contributed by atoms with E-state index < -0.39 is 0 Å². The van der Waals surface area contributed by atoms with E-state index in [1.54, 1.807) is 0 Å². The Kier molecular flexibility index (Phi) is 5.72. The summed E-state index contributed by atoms with van der Waals surface area (Å²) in [4.78, 5) is 14.8. The van der Waals surface area contributed by atoms with Crippen LogP contribution in [0.3, 0.4) is 0 Å². The first-order valence-corrected chi connectivity index (χ1v) is 11.0. The van der Waals surface area contributed by atoms with Crippen LogP contribution in [0.2, 0.25) is 0 Å². The molecule has 1 heterocycles. The third-order valence-corrected chi connectivity index (χ3v) is 6.64. The van der Waals surface area contributed by atoms with Crippen LogP contribution in [0.5, 0.6) is 0 Å². The van der Waals surface area contributed by atoms with Gasteiger partial charge in [0.1, 0.15) is 11.9 Å². The van der Waals surface area contributed by atoms with Crippen LogP contribution < -0.4 is 4.90 Å². The van der Waals surface area contributed by atoms with Gasteiger partial charge in [0.2, 0.25) is 0 Å². The zero-order valence-corrected chi connectivity index (χ0v) is 17.6. The fourth-order valence-corrected chi connectivity index (χ4v) is 5.05. The maximum absolute atomic E-state index is 12.4. The quantitative estimate of drug-likeness (QED) is 0.692. The number of carbonyl (C=O) groups is 1. The van der Waals surface area contributed by atoms with Gasteiger partial charge in [-0.2, -0.15) is 5.26 Å². The van der Waals surface area contributed by atoms with Gasteiger partial charge in [-0.1, -0.05) is 44.2 Å². The lowest BCUT2D eigenvalue weighted by molar-refractivity contribution is -0.126. The highest BCUT2D eigenvalue weighted by Crippen LogP contribution is 2.40. The van der Waals surface area contributed by atoms with Gasteiger partial charge in [-0.25, -0.2) is 0 Å². The smallest absolute Gasteiger partial charge is 0.138 e. The number of anilines is 1. The number of Topliss-reactive ketones (excluding diaryl/α,β-unsaturated/α-hetero) is 1. The Labute approximate surface area is 174 Å². The molecule has 0 bridgehead atoms. The first kappa shape index (κ1) is 19.7. The van der Waals surface area contributed by atoms with Gasteiger partial charge in [0.05, 0.1) is 11.3 Å². The number of benzene rings is 2. The number of piperidine rings is 1. The molecule has 3 nitrogen and oxygen atoms in total. The molecule has 4 rings (SSSR count). The van der Waals surface area contributed by atoms with Gasteiger partial charge in [-0.15, -0.1) is 0 Å². The third-order valence-electron chi connectivity index (χ3n) is 6.64. The molecule has 0 spiro atoms. The summed E-state index contributed by atoms with van der Waals surface area (Å²) in [5, 5.41) is 10.0. The topological polar surface area (TPSA) is 44.1 Å². The van der Waals surface area contributed by atoms with Gasteiger partial charge in [-0.05, 0) is 66.8 Å². The molecule has 150 valence electrons. The van der Waals surface area contributed by atoms with Crippen LogP contribution >= 0.6 is 0 Å². The maximum Gasteiger partial charge on any atom is 0.138 e. The zero-order chi connectivity index (χ0) is 20.4.